The smallest absolute Gasteiger partial charge is 0.315 e. The first-order valence-electron chi connectivity index (χ1n) is 7.83. The van der Waals surface area contributed by atoms with E-state index in [9.17, 15) is 4.79 Å². The van der Waals surface area contributed by atoms with E-state index in [4.69, 9.17) is 11.6 Å². The molecule has 3 atom stereocenters. The number of hydrogen-bond acceptors (Lipinski definition) is 1. The van der Waals surface area contributed by atoms with Crippen LogP contribution in [0.1, 0.15) is 38.7 Å². The largest absolute Gasteiger partial charge is 0.338 e. The molecule has 1 aliphatic rings. The van der Waals surface area contributed by atoms with Crippen molar-refractivity contribution < 1.29 is 4.79 Å². The van der Waals surface area contributed by atoms with Gasteiger partial charge in [-0.3, -0.25) is 0 Å². The molecule has 0 aliphatic heterocycles. The summed E-state index contributed by atoms with van der Waals surface area (Å²) in [4.78, 5) is 11.9. The van der Waals surface area contributed by atoms with Crippen LogP contribution in [0.3, 0.4) is 0 Å². The molecule has 0 radical (unpaired) electrons. The fourth-order valence-corrected chi connectivity index (χ4v) is 3.14. The summed E-state index contributed by atoms with van der Waals surface area (Å²) in [6.45, 7) is 5.20. The van der Waals surface area contributed by atoms with Gasteiger partial charge in [-0.15, -0.1) is 0 Å². The second-order valence-corrected chi connectivity index (χ2v) is 6.68. The average molecular weight is 309 g/mol. The van der Waals surface area contributed by atoms with E-state index >= 15 is 0 Å². The summed E-state index contributed by atoms with van der Waals surface area (Å²) in [5.41, 5.74) is 1.14. The van der Waals surface area contributed by atoms with Crippen LogP contribution in [-0.4, -0.2) is 18.6 Å². The van der Waals surface area contributed by atoms with Crippen LogP contribution in [0.2, 0.25) is 5.02 Å². The highest BCUT2D eigenvalue weighted by Gasteiger charge is 2.25. The molecular formula is C17H25ClN2O. The Hall–Kier alpha value is -1.22. The minimum Gasteiger partial charge on any atom is -0.338 e. The third-order valence-electron chi connectivity index (χ3n) is 4.52. The normalized spacial score (nSPS) is 25.4. The van der Waals surface area contributed by atoms with Gasteiger partial charge in [0.1, 0.15) is 0 Å². The lowest BCUT2D eigenvalue weighted by atomic mass is 9.79. The lowest BCUT2D eigenvalue weighted by Gasteiger charge is -2.32. The van der Waals surface area contributed by atoms with Gasteiger partial charge in [-0.2, -0.15) is 0 Å². The van der Waals surface area contributed by atoms with Gasteiger partial charge in [0.25, 0.3) is 0 Å². The number of carbonyl (C=O) groups excluding carboxylic acids is 1. The van der Waals surface area contributed by atoms with Gasteiger partial charge in [0.15, 0.2) is 0 Å². The van der Waals surface area contributed by atoms with Gasteiger partial charge in [-0.25, -0.2) is 4.79 Å². The zero-order chi connectivity index (χ0) is 15.2. The summed E-state index contributed by atoms with van der Waals surface area (Å²) in [5, 5.41) is 6.76. The first-order chi connectivity index (χ1) is 10.0. The molecule has 2 N–H and O–H groups in total. The van der Waals surface area contributed by atoms with Crippen LogP contribution in [0.25, 0.3) is 0 Å². The number of halogens is 1. The van der Waals surface area contributed by atoms with Gasteiger partial charge >= 0.3 is 6.03 Å². The fraction of sp³-hybridized carbons (Fsp3) is 0.588. The molecule has 3 unspecified atom stereocenters. The highest BCUT2D eigenvalue weighted by Crippen LogP contribution is 2.29. The Morgan fingerprint density at radius 2 is 2.10 bits per heavy atom. The summed E-state index contributed by atoms with van der Waals surface area (Å²) < 4.78 is 0. The third kappa shape index (κ3) is 5.24. The molecule has 21 heavy (non-hydrogen) atoms. The van der Waals surface area contributed by atoms with E-state index in [1.54, 1.807) is 0 Å². The van der Waals surface area contributed by atoms with Crippen LogP contribution >= 0.6 is 11.6 Å². The second-order valence-electron chi connectivity index (χ2n) is 6.24. The number of carbonyl (C=O) groups is 1. The molecule has 0 saturated heterocycles. The molecule has 1 aromatic carbocycles. The van der Waals surface area contributed by atoms with Crippen LogP contribution in [0.4, 0.5) is 4.79 Å². The van der Waals surface area contributed by atoms with Crippen molar-refractivity contribution >= 4 is 17.6 Å². The molecule has 4 heteroatoms. The second kappa shape index (κ2) is 7.69. The van der Waals surface area contributed by atoms with Crippen molar-refractivity contribution in [2.24, 2.45) is 11.8 Å². The van der Waals surface area contributed by atoms with Crippen LogP contribution < -0.4 is 10.6 Å². The van der Waals surface area contributed by atoms with Crippen molar-refractivity contribution in [1.29, 1.82) is 0 Å². The van der Waals surface area contributed by atoms with Crippen molar-refractivity contribution in [2.45, 2.75) is 45.6 Å². The Labute approximate surface area is 132 Å². The number of benzene rings is 1. The molecule has 1 aromatic rings. The van der Waals surface area contributed by atoms with Crippen LogP contribution in [0, 0.1) is 11.8 Å². The molecule has 1 aliphatic carbocycles. The maximum absolute atomic E-state index is 11.9. The Morgan fingerprint density at radius 3 is 2.81 bits per heavy atom. The lowest BCUT2D eigenvalue weighted by molar-refractivity contribution is 0.208. The van der Waals surface area contributed by atoms with E-state index in [1.165, 1.54) is 6.42 Å². The van der Waals surface area contributed by atoms with Gasteiger partial charge in [-0.05, 0) is 55.2 Å². The van der Waals surface area contributed by atoms with Crippen LogP contribution in [-0.2, 0) is 6.42 Å². The van der Waals surface area contributed by atoms with Gasteiger partial charge in [0, 0.05) is 17.6 Å². The van der Waals surface area contributed by atoms with Crippen molar-refractivity contribution in [3.63, 3.8) is 0 Å². The summed E-state index contributed by atoms with van der Waals surface area (Å²) >= 11 is 5.94. The predicted octanol–water partition coefficient (Wildman–Crippen LogP) is 4.01. The predicted molar refractivity (Wildman–Crippen MR) is 87.7 cm³/mol. The highest BCUT2D eigenvalue weighted by atomic mass is 35.5. The first kappa shape index (κ1) is 16.2. The molecule has 0 heterocycles. The van der Waals surface area contributed by atoms with E-state index < -0.39 is 0 Å². The maximum atomic E-state index is 11.9. The summed E-state index contributed by atoms with van der Waals surface area (Å²) in [6.07, 6.45) is 4.18. The van der Waals surface area contributed by atoms with E-state index in [2.05, 4.69) is 24.5 Å². The van der Waals surface area contributed by atoms with Crippen molar-refractivity contribution in [3.8, 4) is 0 Å². The highest BCUT2D eigenvalue weighted by molar-refractivity contribution is 6.30. The molecule has 116 valence electrons. The Bertz CT molecular complexity index is 478. The summed E-state index contributed by atoms with van der Waals surface area (Å²) in [5.74, 6) is 1.46. The third-order valence-corrected chi connectivity index (χ3v) is 4.76. The van der Waals surface area contributed by atoms with Crippen LogP contribution in [0.5, 0.6) is 0 Å². The van der Waals surface area contributed by atoms with Gasteiger partial charge in [0.05, 0.1) is 0 Å². The Balaban J connectivity index is 1.68. The minimum absolute atomic E-state index is 0.0521. The molecule has 2 rings (SSSR count). The average Bonchev–Trinajstić information content (AvgIpc) is 2.43. The van der Waals surface area contributed by atoms with E-state index in [-0.39, 0.29) is 6.03 Å². The van der Waals surface area contributed by atoms with Crippen molar-refractivity contribution in [1.82, 2.24) is 10.6 Å². The number of nitrogens with one attached hydrogen (secondary N) is 2. The van der Waals surface area contributed by atoms with E-state index in [0.29, 0.717) is 18.5 Å². The van der Waals surface area contributed by atoms with E-state index in [0.717, 1.165) is 35.8 Å². The van der Waals surface area contributed by atoms with Gasteiger partial charge in [-0.1, -0.05) is 37.6 Å². The maximum Gasteiger partial charge on any atom is 0.315 e. The SMILES string of the molecule is CC1CCC(NC(=O)NCCc2cccc(Cl)c2)CC1C. The summed E-state index contributed by atoms with van der Waals surface area (Å²) in [6, 6.07) is 8.02. The number of hydrogen-bond donors (Lipinski definition) is 2. The molecular weight excluding hydrogens is 284 g/mol. The molecule has 0 aromatic heterocycles. The number of urea groups is 1. The number of amides is 2. The summed E-state index contributed by atoms with van der Waals surface area (Å²) in [7, 11) is 0. The lowest BCUT2D eigenvalue weighted by Crippen LogP contribution is -2.45. The quantitative estimate of drug-likeness (QED) is 0.867. The van der Waals surface area contributed by atoms with Crippen molar-refractivity contribution in [2.75, 3.05) is 6.54 Å². The minimum atomic E-state index is -0.0521. The monoisotopic (exact) mass is 308 g/mol. The van der Waals surface area contributed by atoms with Gasteiger partial charge < -0.3 is 10.6 Å². The van der Waals surface area contributed by atoms with Crippen LogP contribution in [0.15, 0.2) is 24.3 Å². The topological polar surface area (TPSA) is 41.1 Å². The number of rotatable bonds is 4. The Kier molecular flexibility index (Phi) is 5.92. The van der Waals surface area contributed by atoms with Crippen molar-refractivity contribution in [3.05, 3.63) is 34.9 Å². The van der Waals surface area contributed by atoms with Gasteiger partial charge in [0.2, 0.25) is 0 Å². The fourth-order valence-electron chi connectivity index (χ4n) is 2.93. The van der Waals surface area contributed by atoms with E-state index in [1.807, 2.05) is 24.3 Å². The standard InChI is InChI=1S/C17H25ClN2O/c1-12-6-7-16(10-13(12)2)20-17(21)19-9-8-14-4-3-5-15(18)11-14/h3-5,11-13,16H,6-10H2,1-2H3,(H2,19,20,21). The molecule has 1 saturated carbocycles. The molecule has 3 nitrogen and oxygen atoms in total. The first-order valence-corrected chi connectivity index (χ1v) is 8.21. The Morgan fingerprint density at radius 1 is 1.29 bits per heavy atom. The molecule has 1 fully saturated rings. The molecule has 0 bridgehead atoms. The molecule has 0 spiro atoms. The zero-order valence-corrected chi connectivity index (χ0v) is 13.6. The molecule has 2 amide bonds. The zero-order valence-electron chi connectivity index (χ0n) is 12.9.